The maximum Gasteiger partial charge on any atom is 0.303 e. The highest BCUT2D eigenvalue weighted by molar-refractivity contribution is 7.80. The molecule has 0 aromatic heterocycles. The monoisotopic (exact) mass is 350 g/mol. The number of thiol groups is 1. The molecule has 1 atom stereocenters. The predicted octanol–water partition coefficient (Wildman–Crippen LogP) is 2.03. The molecule has 0 aromatic rings. The van der Waals surface area contributed by atoms with Crippen LogP contribution in [0.25, 0.3) is 0 Å². The fourth-order valence-corrected chi connectivity index (χ4v) is 3.18. The maximum atomic E-state index is 10.9. The van der Waals surface area contributed by atoms with Crippen LogP contribution in [0.5, 0.6) is 0 Å². The second-order valence-corrected chi connectivity index (χ2v) is 6.13. The number of rotatable bonds is 14. The molecule has 0 aliphatic heterocycles. The molecule has 1 unspecified atom stereocenters. The first-order valence-corrected chi connectivity index (χ1v) is 8.33. The third kappa shape index (κ3) is 10.2. The van der Waals surface area contributed by atoms with E-state index in [1.165, 1.54) is 0 Å². The summed E-state index contributed by atoms with van der Waals surface area (Å²) in [5.41, 5.74) is -1.22. The molecule has 0 aromatic carbocycles. The van der Waals surface area contributed by atoms with Gasteiger partial charge in [0.15, 0.2) is 0 Å². The van der Waals surface area contributed by atoms with Crippen molar-refractivity contribution in [1.29, 1.82) is 0 Å². The lowest BCUT2D eigenvalue weighted by atomic mass is 9.77. The van der Waals surface area contributed by atoms with E-state index in [-0.39, 0.29) is 50.9 Å². The van der Waals surface area contributed by atoms with Crippen LogP contribution in [0.3, 0.4) is 0 Å². The highest BCUT2D eigenvalue weighted by Crippen LogP contribution is 2.34. The molecule has 134 valence electrons. The number of carboxylic acid groups (broad SMARTS) is 3. The van der Waals surface area contributed by atoms with Gasteiger partial charge in [-0.25, -0.2) is 0 Å². The summed E-state index contributed by atoms with van der Waals surface area (Å²) in [5.74, 6) is -2.79. The van der Waals surface area contributed by atoms with Gasteiger partial charge >= 0.3 is 17.9 Å². The van der Waals surface area contributed by atoms with Crippen molar-refractivity contribution in [2.75, 3.05) is 5.75 Å². The van der Waals surface area contributed by atoms with Gasteiger partial charge in [0, 0.05) is 19.3 Å². The minimum Gasteiger partial charge on any atom is -0.481 e. The van der Waals surface area contributed by atoms with Crippen molar-refractivity contribution in [2.45, 2.75) is 63.4 Å². The van der Waals surface area contributed by atoms with Gasteiger partial charge in [0.25, 0.3) is 0 Å². The average molecular weight is 350 g/mol. The molecule has 8 heteroatoms. The zero-order valence-corrected chi connectivity index (χ0v) is 14.0. The van der Waals surface area contributed by atoms with E-state index >= 15 is 0 Å². The molecule has 0 saturated carbocycles. The summed E-state index contributed by atoms with van der Waals surface area (Å²) in [5, 5.41) is 37.0. The molecular weight excluding hydrogens is 324 g/mol. The van der Waals surface area contributed by atoms with Crippen molar-refractivity contribution in [1.82, 2.24) is 0 Å². The van der Waals surface area contributed by atoms with Crippen LogP contribution in [0.15, 0.2) is 0 Å². The Balaban J connectivity index is 4.75. The molecular formula is C15H26O7S. The lowest BCUT2D eigenvalue weighted by Gasteiger charge is -2.36. The van der Waals surface area contributed by atoms with E-state index in [1.54, 1.807) is 0 Å². The lowest BCUT2D eigenvalue weighted by Crippen LogP contribution is -2.39. The minimum atomic E-state index is -1.22. The van der Waals surface area contributed by atoms with Crippen LogP contribution in [0.1, 0.15) is 57.8 Å². The normalized spacial score (nSPS) is 12.8. The maximum absolute atomic E-state index is 10.9. The summed E-state index contributed by atoms with van der Waals surface area (Å²) in [6, 6.07) is 0. The molecule has 0 radical (unpaired) electrons. The first-order valence-electron chi connectivity index (χ1n) is 7.70. The molecule has 23 heavy (non-hydrogen) atoms. The van der Waals surface area contributed by atoms with Gasteiger partial charge in [-0.15, -0.1) is 0 Å². The number of hydrogen-bond acceptors (Lipinski definition) is 5. The summed E-state index contributed by atoms with van der Waals surface area (Å²) in [6.45, 7) is 0. The van der Waals surface area contributed by atoms with Gasteiger partial charge < -0.3 is 20.4 Å². The number of hydrogen-bond donors (Lipinski definition) is 5. The van der Waals surface area contributed by atoms with E-state index in [0.717, 1.165) is 0 Å². The molecule has 0 heterocycles. The summed E-state index contributed by atoms with van der Waals surface area (Å²) < 4.78 is 0. The zero-order valence-electron chi connectivity index (χ0n) is 13.1. The highest BCUT2D eigenvalue weighted by atomic mass is 32.1. The largest absolute Gasteiger partial charge is 0.481 e. The van der Waals surface area contributed by atoms with Crippen LogP contribution in [-0.2, 0) is 14.4 Å². The van der Waals surface area contributed by atoms with Crippen LogP contribution < -0.4 is 0 Å². The summed E-state index contributed by atoms with van der Waals surface area (Å²) >= 11 is 4.22. The summed E-state index contributed by atoms with van der Waals surface area (Å²) in [6.07, 6.45) is 1.71. The van der Waals surface area contributed by atoms with Gasteiger partial charge in [0.2, 0.25) is 0 Å². The Morgan fingerprint density at radius 1 is 0.826 bits per heavy atom. The average Bonchev–Trinajstić information content (AvgIpc) is 2.42. The molecule has 0 amide bonds. The topological polar surface area (TPSA) is 132 Å². The molecule has 0 rings (SSSR count). The van der Waals surface area contributed by atoms with E-state index in [9.17, 15) is 19.5 Å². The molecule has 0 aliphatic carbocycles. The third-order valence-corrected chi connectivity index (χ3v) is 4.36. The van der Waals surface area contributed by atoms with Gasteiger partial charge in [0.05, 0.1) is 5.60 Å². The van der Waals surface area contributed by atoms with E-state index in [4.69, 9.17) is 15.3 Å². The Labute approximate surface area is 141 Å². The van der Waals surface area contributed by atoms with Gasteiger partial charge in [-0.05, 0) is 50.2 Å². The quantitative estimate of drug-likeness (QED) is 0.303. The Hall–Kier alpha value is -1.28. The molecule has 7 nitrogen and oxygen atoms in total. The standard InChI is InChI=1S/C15H26O7S/c16-12(17)5-1-4-11(10-23)15(22,8-2-6-13(18)19)9-3-7-14(20)21/h11,22-23H,1-10H2,(H,16,17)(H,18,19)(H,20,21). The number of carboxylic acids is 3. The van der Waals surface area contributed by atoms with Crippen molar-refractivity contribution in [2.24, 2.45) is 5.92 Å². The second kappa shape index (κ2) is 11.3. The van der Waals surface area contributed by atoms with Crippen LogP contribution in [0.4, 0.5) is 0 Å². The number of carbonyl (C=O) groups is 3. The van der Waals surface area contributed by atoms with Gasteiger partial charge in [-0.1, -0.05) is 0 Å². The second-order valence-electron chi connectivity index (χ2n) is 5.76. The minimum absolute atomic E-state index is 0.00932. The lowest BCUT2D eigenvalue weighted by molar-refractivity contribution is -0.139. The van der Waals surface area contributed by atoms with E-state index in [1.807, 2.05) is 0 Å². The Morgan fingerprint density at radius 3 is 1.57 bits per heavy atom. The SMILES string of the molecule is O=C(O)CCCC(CS)C(O)(CCCC(=O)O)CCCC(=O)O. The van der Waals surface area contributed by atoms with E-state index in [2.05, 4.69) is 12.6 Å². The smallest absolute Gasteiger partial charge is 0.303 e. The van der Waals surface area contributed by atoms with Crippen molar-refractivity contribution in [3.63, 3.8) is 0 Å². The van der Waals surface area contributed by atoms with Gasteiger partial charge in [-0.3, -0.25) is 14.4 Å². The number of aliphatic hydroxyl groups is 1. The molecule has 0 saturated heterocycles. The molecule has 4 N–H and O–H groups in total. The predicted molar refractivity (Wildman–Crippen MR) is 86.8 cm³/mol. The van der Waals surface area contributed by atoms with Crippen LogP contribution in [0, 0.1) is 5.92 Å². The van der Waals surface area contributed by atoms with Crippen LogP contribution in [-0.4, -0.2) is 49.7 Å². The first kappa shape index (κ1) is 21.7. The zero-order chi connectivity index (χ0) is 17.9. The van der Waals surface area contributed by atoms with Gasteiger partial charge in [-0.2, -0.15) is 12.6 Å². The van der Waals surface area contributed by atoms with Crippen LogP contribution in [0.2, 0.25) is 0 Å². The Bertz CT molecular complexity index is 377. The highest BCUT2D eigenvalue weighted by Gasteiger charge is 2.35. The fourth-order valence-electron chi connectivity index (χ4n) is 2.65. The fraction of sp³-hybridized carbons (Fsp3) is 0.800. The van der Waals surface area contributed by atoms with Crippen LogP contribution >= 0.6 is 12.6 Å². The van der Waals surface area contributed by atoms with Crippen molar-refractivity contribution < 1.29 is 34.8 Å². The summed E-state index contributed by atoms with van der Waals surface area (Å²) in [7, 11) is 0. The van der Waals surface area contributed by atoms with Gasteiger partial charge in [0.1, 0.15) is 0 Å². The van der Waals surface area contributed by atoms with E-state index in [0.29, 0.717) is 18.6 Å². The summed E-state index contributed by atoms with van der Waals surface area (Å²) in [4.78, 5) is 31.9. The molecule has 0 aliphatic rings. The Morgan fingerprint density at radius 2 is 1.22 bits per heavy atom. The number of aliphatic carboxylic acids is 3. The molecule has 0 fully saturated rings. The Kier molecular flexibility index (Phi) is 10.7. The third-order valence-electron chi connectivity index (χ3n) is 3.92. The van der Waals surface area contributed by atoms with E-state index < -0.39 is 23.5 Å². The molecule has 0 spiro atoms. The van der Waals surface area contributed by atoms with Crippen molar-refractivity contribution in [3.8, 4) is 0 Å². The first-order chi connectivity index (χ1) is 10.7. The van der Waals surface area contributed by atoms with Crippen molar-refractivity contribution >= 4 is 30.5 Å². The van der Waals surface area contributed by atoms with Crippen molar-refractivity contribution in [3.05, 3.63) is 0 Å². The molecule has 0 bridgehead atoms.